The number of rotatable bonds is 5. The fourth-order valence-corrected chi connectivity index (χ4v) is 3.85. The van der Waals surface area contributed by atoms with Gasteiger partial charge in [-0.15, -0.1) is 0 Å². The molecule has 4 rings (SSSR count). The van der Waals surface area contributed by atoms with E-state index in [0.29, 0.717) is 16.8 Å². The lowest BCUT2D eigenvalue weighted by Crippen LogP contribution is -2.36. The average molecular weight is 414 g/mol. The van der Waals surface area contributed by atoms with Crippen molar-refractivity contribution in [1.29, 1.82) is 5.26 Å². The molecule has 1 N–H and O–H groups in total. The molecule has 31 heavy (non-hydrogen) atoms. The van der Waals surface area contributed by atoms with Crippen LogP contribution < -0.4 is 5.32 Å². The largest absolute Gasteiger partial charge is 0.349 e. The van der Waals surface area contributed by atoms with Gasteiger partial charge in [0.1, 0.15) is 17.5 Å². The zero-order chi connectivity index (χ0) is 21.6. The highest BCUT2D eigenvalue weighted by atomic mass is 19.1. The number of hydrogen-bond acceptors (Lipinski definition) is 3. The van der Waals surface area contributed by atoms with E-state index in [1.807, 2.05) is 36.4 Å². The Morgan fingerprint density at radius 1 is 1.10 bits per heavy atom. The molecule has 1 aliphatic rings. The number of aromatic nitrogens is 2. The Morgan fingerprint density at radius 3 is 2.48 bits per heavy atom. The molecule has 1 aliphatic carbocycles. The summed E-state index contributed by atoms with van der Waals surface area (Å²) in [5, 5.41) is 17.3. The number of carbonyl (C=O) groups is 1. The summed E-state index contributed by atoms with van der Waals surface area (Å²) in [5.41, 5.74) is 2.76. The fraction of sp³-hybridized carbons (Fsp3) is 0.240. The number of carbonyl (C=O) groups excluding carboxylic acids is 1. The van der Waals surface area contributed by atoms with Crippen molar-refractivity contribution in [3.63, 3.8) is 0 Å². The van der Waals surface area contributed by atoms with Crippen LogP contribution in [-0.4, -0.2) is 21.7 Å². The van der Waals surface area contributed by atoms with Crippen LogP contribution in [0, 0.1) is 17.1 Å². The summed E-state index contributed by atoms with van der Waals surface area (Å²) in [4.78, 5) is 12.7. The average Bonchev–Trinajstić information content (AvgIpc) is 3.23. The summed E-state index contributed by atoms with van der Waals surface area (Å²) in [7, 11) is 0. The first-order valence-corrected chi connectivity index (χ1v) is 10.5. The van der Waals surface area contributed by atoms with Gasteiger partial charge in [0.05, 0.1) is 11.4 Å². The first-order chi connectivity index (χ1) is 15.1. The molecule has 1 aromatic heterocycles. The molecule has 0 saturated heterocycles. The summed E-state index contributed by atoms with van der Waals surface area (Å²) >= 11 is 0. The van der Waals surface area contributed by atoms with Gasteiger partial charge in [-0.2, -0.15) is 10.4 Å². The molecule has 6 heteroatoms. The molecule has 2 aromatic carbocycles. The van der Waals surface area contributed by atoms with Crippen molar-refractivity contribution >= 4 is 12.0 Å². The molecular formula is C25H23FN4O. The van der Waals surface area contributed by atoms with E-state index in [9.17, 15) is 14.4 Å². The Bertz CT molecular complexity index is 1120. The van der Waals surface area contributed by atoms with Gasteiger partial charge < -0.3 is 5.32 Å². The van der Waals surface area contributed by atoms with Gasteiger partial charge in [0.2, 0.25) is 0 Å². The first-order valence-electron chi connectivity index (χ1n) is 10.5. The van der Waals surface area contributed by atoms with Crippen LogP contribution in [-0.2, 0) is 4.79 Å². The molecule has 0 bridgehead atoms. The Hall–Kier alpha value is -3.72. The van der Waals surface area contributed by atoms with Crippen LogP contribution in [0.1, 0.15) is 37.7 Å². The molecule has 5 nitrogen and oxygen atoms in total. The Kier molecular flexibility index (Phi) is 6.23. The number of halogens is 1. The van der Waals surface area contributed by atoms with Gasteiger partial charge in [0.25, 0.3) is 5.91 Å². The Morgan fingerprint density at radius 2 is 1.81 bits per heavy atom. The molecule has 0 spiro atoms. The summed E-state index contributed by atoms with van der Waals surface area (Å²) in [6.07, 6.45) is 8.59. The molecule has 0 unspecified atom stereocenters. The normalized spacial score (nSPS) is 14.8. The van der Waals surface area contributed by atoms with Crippen LogP contribution in [0.3, 0.4) is 0 Å². The standard InChI is InChI=1S/C25H23FN4O/c26-21-13-11-18(12-14-21)24-20(17-30(29-24)23-9-5-2-6-10-23)15-19(16-27)25(31)28-22-7-3-1-4-8-22/h2,5-6,9-15,17,22H,1,3-4,7-8H2,(H,28,31)/b19-15+. The van der Waals surface area contributed by atoms with E-state index in [1.54, 1.807) is 29.1 Å². The molecule has 0 radical (unpaired) electrons. The lowest BCUT2D eigenvalue weighted by atomic mass is 9.95. The highest BCUT2D eigenvalue weighted by Crippen LogP contribution is 2.26. The van der Waals surface area contributed by atoms with E-state index in [4.69, 9.17) is 0 Å². The monoisotopic (exact) mass is 414 g/mol. The third-order valence-corrected chi connectivity index (χ3v) is 5.49. The van der Waals surface area contributed by atoms with E-state index < -0.39 is 0 Å². The van der Waals surface area contributed by atoms with E-state index in [2.05, 4.69) is 10.4 Å². The van der Waals surface area contributed by atoms with Crippen molar-refractivity contribution in [3.8, 4) is 23.0 Å². The number of nitrogens with one attached hydrogen (secondary N) is 1. The minimum atomic E-state index is -0.369. The summed E-state index contributed by atoms with van der Waals surface area (Å²) < 4.78 is 15.1. The van der Waals surface area contributed by atoms with Crippen molar-refractivity contribution in [2.75, 3.05) is 0 Å². The van der Waals surface area contributed by atoms with Gasteiger partial charge in [-0.05, 0) is 55.3 Å². The lowest BCUT2D eigenvalue weighted by Gasteiger charge is -2.22. The van der Waals surface area contributed by atoms with Crippen LogP contribution >= 0.6 is 0 Å². The number of nitriles is 1. The smallest absolute Gasteiger partial charge is 0.262 e. The van der Waals surface area contributed by atoms with Gasteiger partial charge in [-0.3, -0.25) is 4.79 Å². The zero-order valence-corrected chi connectivity index (χ0v) is 17.1. The van der Waals surface area contributed by atoms with Crippen LogP contribution in [0.5, 0.6) is 0 Å². The molecular weight excluding hydrogens is 391 g/mol. The van der Waals surface area contributed by atoms with Crippen LogP contribution in [0.15, 0.2) is 66.4 Å². The van der Waals surface area contributed by atoms with E-state index in [-0.39, 0.29) is 23.3 Å². The minimum Gasteiger partial charge on any atom is -0.349 e. The predicted octanol–water partition coefficient (Wildman–Crippen LogP) is 5.03. The predicted molar refractivity (Wildman–Crippen MR) is 118 cm³/mol. The molecule has 156 valence electrons. The first kappa shape index (κ1) is 20.5. The molecule has 1 amide bonds. The van der Waals surface area contributed by atoms with E-state index >= 15 is 0 Å². The van der Waals surface area contributed by atoms with Crippen LogP contribution in [0.4, 0.5) is 4.39 Å². The minimum absolute atomic E-state index is 0.0292. The van der Waals surface area contributed by atoms with Crippen molar-refractivity contribution in [1.82, 2.24) is 15.1 Å². The molecule has 1 saturated carbocycles. The third-order valence-electron chi connectivity index (χ3n) is 5.49. The number of amides is 1. The summed E-state index contributed by atoms with van der Waals surface area (Å²) in [6, 6.07) is 17.7. The molecule has 0 atom stereocenters. The zero-order valence-electron chi connectivity index (χ0n) is 17.1. The molecule has 0 aliphatic heterocycles. The van der Waals surface area contributed by atoms with Gasteiger partial charge in [0, 0.05) is 23.4 Å². The van der Waals surface area contributed by atoms with E-state index in [0.717, 1.165) is 31.4 Å². The highest BCUT2D eigenvalue weighted by molar-refractivity contribution is 6.02. The maximum atomic E-state index is 13.4. The van der Waals surface area contributed by atoms with Crippen molar-refractivity contribution in [2.45, 2.75) is 38.1 Å². The van der Waals surface area contributed by atoms with Crippen LogP contribution in [0.25, 0.3) is 23.0 Å². The maximum absolute atomic E-state index is 13.4. The quantitative estimate of drug-likeness (QED) is 0.470. The summed E-state index contributed by atoms with van der Waals surface area (Å²) in [6.45, 7) is 0. The summed E-state index contributed by atoms with van der Waals surface area (Å²) in [5.74, 6) is -0.708. The van der Waals surface area contributed by atoms with Crippen LogP contribution in [0.2, 0.25) is 0 Å². The third kappa shape index (κ3) is 4.89. The van der Waals surface area contributed by atoms with Gasteiger partial charge in [0.15, 0.2) is 0 Å². The maximum Gasteiger partial charge on any atom is 0.262 e. The fourth-order valence-electron chi connectivity index (χ4n) is 3.85. The van der Waals surface area contributed by atoms with Crippen molar-refractivity contribution in [2.24, 2.45) is 0 Å². The second-order valence-corrected chi connectivity index (χ2v) is 7.70. The number of para-hydroxylation sites is 1. The number of nitrogens with zero attached hydrogens (tertiary/aromatic N) is 3. The molecule has 3 aromatic rings. The van der Waals surface area contributed by atoms with Gasteiger partial charge in [-0.1, -0.05) is 37.5 Å². The van der Waals surface area contributed by atoms with Crippen molar-refractivity contribution < 1.29 is 9.18 Å². The number of benzene rings is 2. The lowest BCUT2D eigenvalue weighted by molar-refractivity contribution is -0.117. The highest BCUT2D eigenvalue weighted by Gasteiger charge is 2.19. The Balaban J connectivity index is 1.70. The molecule has 1 heterocycles. The SMILES string of the molecule is N#C/C(=C\c1cn(-c2ccccc2)nc1-c1ccc(F)cc1)C(=O)NC1CCCCC1. The number of hydrogen-bond donors (Lipinski definition) is 1. The van der Waals surface area contributed by atoms with Crippen molar-refractivity contribution in [3.05, 3.63) is 77.7 Å². The topological polar surface area (TPSA) is 70.7 Å². The second kappa shape index (κ2) is 9.40. The van der Waals surface area contributed by atoms with Gasteiger partial charge in [-0.25, -0.2) is 9.07 Å². The van der Waals surface area contributed by atoms with Gasteiger partial charge >= 0.3 is 0 Å². The van der Waals surface area contributed by atoms with E-state index in [1.165, 1.54) is 18.6 Å². The second-order valence-electron chi connectivity index (χ2n) is 7.70. The molecule has 1 fully saturated rings. The Labute approximate surface area is 180 Å².